The molecule has 0 aromatic carbocycles. The highest BCUT2D eigenvalue weighted by atomic mass is 32.2. The second-order valence-corrected chi connectivity index (χ2v) is 12.2. The number of likely N-dealkylation sites (N-methyl/N-ethyl adjacent to an activating group) is 1. The van der Waals surface area contributed by atoms with Gasteiger partial charge < -0.3 is 9.32 Å². The number of sulfone groups is 1. The fourth-order valence-corrected chi connectivity index (χ4v) is 7.19. The number of carbonyl (C=O) groups is 1. The van der Waals surface area contributed by atoms with E-state index in [4.69, 9.17) is 4.42 Å². The van der Waals surface area contributed by atoms with E-state index in [1.54, 1.807) is 40.0 Å². The van der Waals surface area contributed by atoms with Gasteiger partial charge in [0.05, 0.1) is 35.7 Å². The quantitative estimate of drug-likeness (QED) is 0.592. The summed E-state index contributed by atoms with van der Waals surface area (Å²) < 4.78 is 57.7. The number of hydrogen-bond donors (Lipinski definition) is 0. The topological polar surface area (TPSA) is 123 Å². The molecular formula is C19H28N4O6S2. The molecule has 10 nitrogen and oxygen atoms in total. The molecule has 2 atom stereocenters. The molecule has 3 rings (SSSR count). The lowest BCUT2D eigenvalue weighted by atomic mass is 10.2. The van der Waals surface area contributed by atoms with Crippen LogP contribution in [0.15, 0.2) is 27.7 Å². The standard InChI is InChI=1S/C19H28N4O6S2/c1-13-18(31(27,28)21(4)11-17-7-6-9-29-17)14(2)23(20-13)15(3)19(24)22(5)16-8-10-30(25,26)12-16/h6-7,9,15-16H,8,10-12H2,1-5H3. The average molecular weight is 473 g/mol. The Kier molecular flexibility index (Phi) is 6.36. The maximum Gasteiger partial charge on any atom is 0.247 e. The Bertz CT molecular complexity index is 1170. The summed E-state index contributed by atoms with van der Waals surface area (Å²) in [5.74, 6) is 0.190. The molecule has 2 unspecified atom stereocenters. The lowest BCUT2D eigenvalue weighted by Crippen LogP contribution is -2.41. The van der Waals surface area contributed by atoms with Crippen LogP contribution in [0.3, 0.4) is 0 Å². The second-order valence-electron chi connectivity index (χ2n) is 7.97. The first-order valence-electron chi connectivity index (χ1n) is 9.86. The van der Waals surface area contributed by atoms with Gasteiger partial charge in [-0.2, -0.15) is 9.40 Å². The molecule has 2 aromatic heterocycles. The van der Waals surface area contributed by atoms with Gasteiger partial charge in [-0.3, -0.25) is 9.48 Å². The smallest absolute Gasteiger partial charge is 0.247 e. The van der Waals surface area contributed by atoms with Crippen LogP contribution in [0.2, 0.25) is 0 Å². The summed E-state index contributed by atoms with van der Waals surface area (Å²) in [5, 5.41) is 4.34. The molecule has 1 saturated heterocycles. The Balaban J connectivity index is 1.85. The summed E-state index contributed by atoms with van der Waals surface area (Å²) in [6, 6.07) is 2.20. The third-order valence-electron chi connectivity index (χ3n) is 5.71. The van der Waals surface area contributed by atoms with Gasteiger partial charge in [-0.05, 0) is 39.3 Å². The van der Waals surface area contributed by atoms with Gasteiger partial charge in [0.1, 0.15) is 16.7 Å². The van der Waals surface area contributed by atoms with Gasteiger partial charge in [0.15, 0.2) is 9.84 Å². The molecule has 2 aromatic rings. The van der Waals surface area contributed by atoms with Gasteiger partial charge in [0, 0.05) is 20.1 Å². The van der Waals surface area contributed by atoms with Gasteiger partial charge in [0.2, 0.25) is 15.9 Å². The summed E-state index contributed by atoms with van der Waals surface area (Å²) in [6.45, 7) is 4.89. The van der Waals surface area contributed by atoms with Crippen molar-refractivity contribution in [1.29, 1.82) is 0 Å². The van der Waals surface area contributed by atoms with Crippen molar-refractivity contribution in [3.63, 3.8) is 0 Å². The van der Waals surface area contributed by atoms with Crippen LogP contribution in [0.4, 0.5) is 0 Å². The average Bonchev–Trinajstić information content (AvgIpc) is 3.39. The molecule has 0 N–H and O–H groups in total. The number of nitrogens with zero attached hydrogens (tertiary/aromatic N) is 4. The maximum atomic E-state index is 13.2. The Labute approximate surface area is 182 Å². The first kappa shape index (κ1) is 23.5. The molecule has 0 bridgehead atoms. The second kappa shape index (κ2) is 8.40. The van der Waals surface area contributed by atoms with Crippen molar-refractivity contribution in [3.05, 3.63) is 35.5 Å². The van der Waals surface area contributed by atoms with Gasteiger partial charge in [-0.25, -0.2) is 16.8 Å². The molecule has 0 spiro atoms. The summed E-state index contributed by atoms with van der Waals surface area (Å²) in [4.78, 5) is 14.5. The van der Waals surface area contributed by atoms with Gasteiger partial charge in [-0.15, -0.1) is 0 Å². The van der Waals surface area contributed by atoms with Gasteiger partial charge >= 0.3 is 0 Å². The van der Waals surface area contributed by atoms with Crippen LogP contribution in [-0.2, 0) is 31.2 Å². The van der Waals surface area contributed by atoms with E-state index in [0.717, 1.165) is 0 Å². The molecular weight excluding hydrogens is 444 g/mol. The third kappa shape index (κ3) is 4.55. The Morgan fingerprint density at radius 3 is 2.58 bits per heavy atom. The van der Waals surface area contributed by atoms with E-state index in [9.17, 15) is 21.6 Å². The fourth-order valence-electron chi connectivity index (χ4n) is 3.92. The monoisotopic (exact) mass is 472 g/mol. The lowest BCUT2D eigenvalue weighted by Gasteiger charge is -2.27. The molecule has 0 radical (unpaired) electrons. The molecule has 1 aliphatic heterocycles. The third-order valence-corrected chi connectivity index (χ3v) is 9.52. The number of aryl methyl sites for hydroxylation is 1. The van der Waals surface area contributed by atoms with E-state index >= 15 is 0 Å². The van der Waals surface area contributed by atoms with Crippen molar-refractivity contribution in [2.45, 2.75) is 50.7 Å². The molecule has 172 valence electrons. The van der Waals surface area contributed by atoms with Crippen LogP contribution < -0.4 is 0 Å². The lowest BCUT2D eigenvalue weighted by molar-refractivity contribution is -0.135. The zero-order chi connectivity index (χ0) is 23.1. The maximum absolute atomic E-state index is 13.2. The minimum atomic E-state index is -3.88. The van der Waals surface area contributed by atoms with E-state index < -0.39 is 25.9 Å². The van der Waals surface area contributed by atoms with E-state index in [1.807, 2.05) is 0 Å². The number of aromatic nitrogens is 2. The number of furan rings is 1. The Morgan fingerprint density at radius 2 is 2.03 bits per heavy atom. The highest BCUT2D eigenvalue weighted by Crippen LogP contribution is 2.27. The number of carbonyl (C=O) groups excluding carboxylic acids is 1. The van der Waals surface area contributed by atoms with Crippen LogP contribution in [0, 0.1) is 13.8 Å². The first-order valence-corrected chi connectivity index (χ1v) is 13.1. The molecule has 12 heteroatoms. The predicted molar refractivity (Wildman–Crippen MR) is 114 cm³/mol. The van der Waals surface area contributed by atoms with Crippen molar-refractivity contribution in [2.75, 3.05) is 25.6 Å². The summed E-state index contributed by atoms with van der Waals surface area (Å²) in [5.41, 5.74) is 0.631. The van der Waals surface area contributed by atoms with E-state index in [-0.39, 0.29) is 40.6 Å². The molecule has 3 heterocycles. The van der Waals surface area contributed by atoms with Crippen LogP contribution in [-0.4, -0.2) is 73.4 Å². The van der Waals surface area contributed by atoms with Crippen molar-refractivity contribution in [2.24, 2.45) is 0 Å². The molecule has 0 saturated carbocycles. The normalized spacial score (nSPS) is 19.6. The van der Waals surface area contributed by atoms with Gasteiger partial charge in [-0.1, -0.05) is 0 Å². The minimum absolute atomic E-state index is 0.0484. The van der Waals surface area contributed by atoms with Crippen LogP contribution in [0.1, 0.15) is 36.5 Å². The highest BCUT2D eigenvalue weighted by Gasteiger charge is 2.36. The van der Waals surface area contributed by atoms with Crippen LogP contribution in [0.25, 0.3) is 0 Å². The SMILES string of the molecule is Cc1nn(C(C)C(=O)N(C)C2CCS(=O)(=O)C2)c(C)c1S(=O)(=O)N(C)Cc1ccco1. The minimum Gasteiger partial charge on any atom is -0.468 e. The molecule has 1 fully saturated rings. The largest absolute Gasteiger partial charge is 0.468 e. The zero-order valence-electron chi connectivity index (χ0n) is 18.3. The molecule has 1 aliphatic rings. The highest BCUT2D eigenvalue weighted by molar-refractivity contribution is 7.91. The number of hydrogen-bond acceptors (Lipinski definition) is 7. The zero-order valence-corrected chi connectivity index (χ0v) is 19.9. The number of amides is 1. The van der Waals surface area contributed by atoms with Crippen LogP contribution in [0.5, 0.6) is 0 Å². The summed E-state index contributed by atoms with van der Waals surface area (Å²) >= 11 is 0. The predicted octanol–water partition coefficient (Wildman–Crippen LogP) is 1.12. The molecule has 1 amide bonds. The van der Waals surface area contributed by atoms with Crippen LogP contribution >= 0.6 is 0 Å². The van der Waals surface area contributed by atoms with Gasteiger partial charge in [0.25, 0.3) is 0 Å². The molecule has 0 aliphatic carbocycles. The van der Waals surface area contributed by atoms with E-state index in [1.165, 1.54) is 27.2 Å². The van der Waals surface area contributed by atoms with E-state index in [0.29, 0.717) is 17.9 Å². The molecule has 31 heavy (non-hydrogen) atoms. The van der Waals surface area contributed by atoms with E-state index in [2.05, 4.69) is 5.10 Å². The number of sulfonamides is 1. The Morgan fingerprint density at radius 1 is 1.35 bits per heavy atom. The fraction of sp³-hybridized carbons (Fsp3) is 0.579. The Hall–Kier alpha value is -2.18. The van der Waals surface area contributed by atoms with Crippen molar-refractivity contribution in [1.82, 2.24) is 19.0 Å². The van der Waals surface area contributed by atoms with Crippen molar-refractivity contribution >= 4 is 25.8 Å². The summed E-state index contributed by atoms with van der Waals surface area (Å²) in [7, 11) is -3.99. The van der Waals surface area contributed by atoms with Crippen molar-refractivity contribution < 1.29 is 26.0 Å². The first-order chi connectivity index (χ1) is 14.3. The summed E-state index contributed by atoms with van der Waals surface area (Å²) in [6.07, 6.45) is 1.87. The number of rotatable bonds is 7. The van der Waals surface area contributed by atoms with Crippen molar-refractivity contribution in [3.8, 4) is 0 Å².